The summed E-state index contributed by atoms with van der Waals surface area (Å²) in [7, 11) is 1.49. The second-order valence-corrected chi connectivity index (χ2v) is 7.99. The van der Waals surface area contributed by atoms with E-state index in [2.05, 4.69) is 22.6 Å². The minimum absolute atomic E-state index is 0.0901. The third kappa shape index (κ3) is 4.66. The van der Waals surface area contributed by atoms with Crippen LogP contribution in [-0.2, 0) is 11.3 Å². The Morgan fingerprint density at radius 3 is 2.61 bits per heavy atom. The number of imide groups is 1. The van der Waals surface area contributed by atoms with Crippen LogP contribution in [0.5, 0.6) is 11.5 Å². The number of benzene rings is 2. The van der Waals surface area contributed by atoms with Gasteiger partial charge in [0, 0.05) is 3.57 Å². The number of hydrogen-bond donors (Lipinski definition) is 0. The lowest BCUT2D eigenvalue weighted by atomic mass is 10.1. The second kappa shape index (κ2) is 9.12. The molecular formula is C20H15IN2O4S. The largest absolute Gasteiger partial charge is 0.493 e. The van der Waals surface area contributed by atoms with Gasteiger partial charge in [0.2, 0.25) is 0 Å². The molecule has 142 valence electrons. The molecule has 0 spiro atoms. The van der Waals surface area contributed by atoms with Crippen molar-refractivity contribution in [2.45, 2.75) is 6.54 Å². The number of halogens is 1. The van der Waals surface area contributed by atoms with E-state index in [1.165, 1.54) is 12.0 Å². The fourth-order valence-electron chi connectivity index (χ4n) is 2.56. The lowest BCUT2D eigenvalue weighted by Crippen LogP contribution is -2.27. The Balaban J connectivity index is 1.79. The molecule has 0 saturated carbocycles. The zero-order valence-electron chi connectivity index (χ0n) is 14.8. The van der Waals surface area contributed by atoms with Crippen molar-refractivity contribution in [3.8, 4) is 17.6 Å². The van der Waals surface area contributed by atoms with Crippen LogP contribution in [-0.4, -0.2) is 29.8 Å². The highest BCUT2D eigenvalue weighted by molar-refractivity contribution is 14.1. The highest BCUT2D eigenvalue weighted by Gasteiger charge is 2.35. The van der Waals surface area contributed by atoms with Crippen LogP contribution in [0.15, 0.2) is 47.4 Å². The van der Waals surface area contributed by atoms with Gasteiger partial charge >= 0.3 is 0 Å². The molecule has 1 saturated heterocycles. The Kier molecular flexibility index (Phi) is 6.59. The van der Waals surface area contributed by atoms with E-state index in [1.807, 2.05) is 30.3 Å². The fourth-order valence-corrected chi connectivity index (χ4v) is 3.76. The van der Waals surface area contributed by atoms with Crippen molar-refractivity contribution in [2.24, 2.45) is 0 Å². The number of hydrogen-bond acceptors (Lipinski definition) is 6. The van der Waals surface area contributed by atoms with Crippen LogP contribution in [0, 0.1) is 14.9 Å². The molecule has 1 aliphatic rings. The number of amides is 2. The van der Waals surface area contributed by atoms with Crippen molar-refractivity contribution < 1.29 is 19.1 Å². The van der Waals surface area contributed by atoms with Crippen LogP contribution >= 0.6 is 34.4 Å². The summed E-state index contributed by atoms with van der Waals surface area (Å²) in [6.07, 6.45) is 1.65. The molecule has 0 aliphatic carbocycles. The summed E-state index contributed by atoms with van der Waals surface area (Å²) in [4.78, 5) is 26.6. The Morgan fingerprint density at radius 2 is 1.93 bits per heavy atom. The van der Waals surface area contributed by atoms with Crippen molar-refractivity contribution in [3.63, 3.8) is 0 Å². The molecule has 1 fully saturated rings. The minimum Gasteiger partial charge on any atom is -0.493 e. The van der Waals surface area contributed by atoms with Gasteiger partial charge in [0.05, 0.1) is 18.6 Å². The highest BCUT2D eigenvalue weighted by Crippen LogP contribution is 2.35. The maximum Gasteiger partial charge on any atom is 0.293 e. The predicted octanol–water partition coefficient (Wildman–Crippen LogP) is 4.44. The molecule has 2 amide bonds. The van der Waals surface area contributed by atoms with Gasteiger partial charge < -0.3 is 9.47 Å². The summed E-state index contributed by atoms with van der Waals surface area (Å²) in [5.74, 6) is 0.562. The first-order chi connectivity index (χ1) is 13.5. The van der Waals surface area contributed by atoms with Gasteiger partial charge in [-0.1, -0.05) is 18.2 Å². The SMILES string of the molecule is COc1cc(/C=C2\SC(=O)N(Cc3ccc(I)cc3)C2=O)ccc1OCC#N. The van der Waals surface area contributed by atoms with Crippen LogP contribution in [0.1, 0.15) is 11.1 Å². The number of carbonyl (C=O) groups excluding carboxylic acids is 2. The van der Waals surface area contributed by atoms with Crippen molar-refractivity contribution in [1.29, 1.82) is 5.26 Å². The van der Waals surface area contributed by atoms with Crippen molar-refractivity contribution in [2.75, 3.05) is 13.7 Å². The first-order valence-corrected chi connectivity index (χ1v) is 10.1. The van der Waals surface area contributed by atoms with Gasteiger partial charge in [-0.25, -0.2) is 0 Å². The molecule has 6 nitrogen and oxygen atoms in total. The maximum absolute atomic E-state index is 12.7. The van der Waals surface area contributed by atoms with Crippen molar-refractivity contribution >= 4 is 51.6 Å². The average Bonchev–Trinajstić information content (AvgIpc) is 2.95. The first-order valence-electron chi connectivity index (χ1n) is 8.19. The third-order valence-corrected chi connectivity index (χ3v) is 5.53. The van der Waals surface area contributed by atoms with Gasteiger partial charge in [-0.2, -0.15) is 5.26 Å². The molecular weight excluding hydrogens is 491 g/mol. The molecule has 0 aromatic heterocycles. The topological polar surface area (TPSA) is 79.6 Å². The zero-order chi connectivity index (χ0) is 20.1. The fraction of sp³-hybridized carbons (Fsp3) is 0.150. The number of carbonyl (C=O) groups is 2. The summed E-state index contributed by atoms with van der Waals surface area (Å²) in [6.45, 7) is 0.149. The van der Waals surface area contributed by atoms with Crippen LogP contribution in [0.4, 0.5) is 4.79 Å². The zero-order valence-corrected chi connectivity index (χ0v) is 17.8. The predicted molar refractivity (Wildman–Crippen MR) is 115 cm³/mol. The molecule has 1 heterocycles. The molecule has 8 heteroatoms. The van der Waals surface area contributed by atoms with E-state index in [0.29, 0.717) is 22.0 Å². The Labute approximate surface area is 180 Å². The molecule has 2 aromatic rings. The number of nitriles is 1. The van der Waals surface area contributed by atoms with E-state index < -0.39 is 0 Å². The van der Waals surface area contributed by atoms with Crippen LogP contribution in [0.3, 0.4) is 0 Å². The van der Waals surface area contributed by atoms with E-state index in [1.54, 1.807) is 24.3 Å². The Morgan fingerprint density at radius 1 is 1.18 bits per heavy atom. The normalized spacial score (nSPS) is 15.0. The lowest BCUT2D eigenvalue weighted by molar-refractivity contribution is -0.123. The van der Waals surface area contributed by atoms with Crippen molar-refractivity contribution in [3.05, 3.63) is 62.1 Å². The van der Waals surface area contributed by atoms with E-state index in [0.717, 1.165) is 20.9 Å². The summed E-state index contributed by atoms with van der Waals surface area (Å²) >= 11 is 3.12. The smallest absolute Gasteiger partial charge is 0.293 e. The van der Waals surface area contributed by atoms with Crippen LogP contribution in [0.2, 0.25) is 0 Å². The van der Waals surface area contributed by atoms with Gasteiger partial charge in [0.15, 0.2) is 18.1 Å². The molecule has 0 bridgehead atoms. The van der Waals surface area contributed by atoms with Gasteiger partial charge in [-0.15, -0.1) is 0 Å². The number of thioether (sulfide) groups is 1. The average molecular weight is 506 g/mol. The molecule has 0 atom stereocenters. The standard InChI is InChI=1S/C20H15IN2O4S/c1-26-17-10-14(4-7-16(17)27-9-8-22)11-18-19(24)23(20(25)28-18)12-13-2-5-15(21)6-3-13/h2-7,10-11H,9,12H2,1H3/b18-11-. The van der Waals surface area contributed by atoms with Crippen molar-refractivity contribution in [1.82, 2.24) is 4.90 Å². The highest BCUT2D eigenvalue weighted by atomic mass is 127. The summed E-state index contributed by atoms with van der Waals surface area (Å²) in [5, 5.41) is 8.34. The van der Waals surface area contributed by atoms with E-state index in [4.69, 9.17) is 14.7 Å². The number of methoxy groups -OCH3 is 1. The first kappa shape index (κ1) is 20.2. The van der Waals surface area contributed by atoms with Gasteiger partial charge in [-0.05, 0) is 75.8 Å². The molecule has 0 N–H and O–H groups in total. The molecule has 2 aromatic carbocycles. The van der Waals surface area contributed by atoms with Gasteiger partial charge in [-0.3, -0.25) is 14.5 Å². The van der Waals surface area contributed by atoms with Crippen LogP contribution in [0.25, 0.3) is 6.08 Å². The monoisotopic (exact) mass is 506 g/mol. The minimum atomic E-state index is -0.322. The van der Waals surface area contributed by atoms with Gasteiger partial charge in [0.1, 0.15) is 6.07 Å². The molecule has 0 unspecified atom stereocenters. The lowest BCUT2D eigenvalue weighted by Gasteiger charge is -2.12. The molecule has 1 aliphatic heterocycles. The number of rotatable bonds is 6. The summed E-state index contributed by atoms with van der Waals surface area (Å²) in [6, 6.07) is 14.7. The summed E-state index contributed by atoms with van der Waals surface area (Å²) in [5.41, 5.74) is 1.59. The molecule has 3 rings (SSSR count). The summed E-state index contributed by atoms with van der Waals surface area (Å²) < 4.78 is 11.7. The van der Waals surface area contributed by atoms with Gasteiger partial charge in [0.25, 0.3) is 11.1 Å². The second-order valence-electron chi connectivity index (χ2n) is 5.75. The Bertz CT molecular complexity index is 983. The maximum atomic E-state index is 12.7. The number of nitrogens with zero attached hydrogens (tertiary/aromatic N) is 2. The third-order valence-electron chi connectivity index (χ3n) is 3.91. The van der Waals surface area contributed by atoms with E-state index in [-0.39, 0.29) is 24.3 Å². The Hall–Kier alpha value is -2.51. The van der Waals surface area contributed by atoms with Crippen LogP contribution < -0.4 is 9.47 Å². The quantitative estimate of drug-likeness (QED) is 0.426. The van der Waals surface area contributed by atoms with E-state index in [9.17, 15) is 9.59 Å². The molecule has 28 heavy (non-hydrogen) atoms. The molecule has 0 radical (unpaired) electrons. The van der Waals surface area contributed by atoms with E-state index >= 15 is 0 Å². The number of ether oxygens (including phenoxy) is 2.